The normalized spacial score (nSPS) is 41.7. The molecule has 1 aromatic rings. The van der Waals surface area contributed by atoms with Crippen LogP contribution in [-0.4, -0.2) is 17.0 Å². The monoisotopic (exact) mass is 330 g/mol. The first-order valence-electron chi connectivity index (χ1n) is 9.82. The zero-order valence-corrected chi connectivity index (χ0v) is 14.8. The molecule has 2 fully saturated rings. The number of carbonyl (C=O) groups excluding carboxylic acids is 1. The number of fused-ring (bicyclic) bond motifs is 3. The topological polar surface area (TPSA) is 50.4 Å². The smallest absolute Gasteiger partial charge is 0.151 e. The van der Waals surface area contributed by atoms with Crippen LogP contribution < -0.4 is 0 Å². The summed E-state index contributed by atoms with van der Waals surface area (Å²) in [6.07, 6.45) is 13.6. The Morgan fingerprint density at radius 2 is 2.00 bits per heavy atom. The minimum absolute atomic E-state index is 0.173. The molecule has 4 rings (SSSR count). The highest BCUT2D eigenvalue weighted by Crippen LogP contribution is 2.58. The Kier molecular flexibility index (Phi) is 4.11. The van der Waals surface area contributed by atoms with Gasteiger partial charge in [-0.25, -0.2) is 0 Å². The molecule has 3 aliphatic rings. The molecular weight excluding hydrogens is 300 g/mol. The van der Waals surface area contributed by atoms with Gasteiger partial charge in [-0.05, 0) is 86.2 Å². The van der Waals surface area contributed by atoms with Crippen molar-refractivity contribution in [2.45, 2.75) is 82.7 Å². The third-order valence-electron chi connectivity index (χ3n) is 7.72. The van der Waals surface area contributed by atoms with Gasteiger partial charge in [0, 0.05) is 6.42 Å². The molecule has 0 aliphatic heterocycles. The van der Waals surface area contributed by atoms with E-state index in [2.05, 4.69) is 13.0 Å². The Balaban J connectivity index is 1.49. The van der Waals surface area contributed by atoms with E-state index in [9.17, 15) is 9.90 Å². The number of aryl methyl sites for hydroxylation is 1. The van der Waals surface area contributed by atoms with Gasteiger partial charge in [0.1, 0.15) is 11.4 Å². The van der Waals surface area contributed by atoms with Crippen molar-refractivity contribution in [2.24, 2.45) is 17.3 Å². The highest BCUT2D eigenvalue weighted by Gasteiger charge is 2.48. The summed E-state index contributed by atoms with van der Waals surface area (Å²) in [5.41, 5.74) is 0.769. The van der Waals surface area contributed by atoms with Gasteiger partial charge in [-0.1, -0.05) is 13.3 Å². The lowest BCUT2D eigenvalue weighted by Gasteiger charge is -2.50. The number of furan rings is 1. The van der Waals surface area contributed by atoms with Crippen LogP contribution in [0.4, 0.5) is 0 Å². The molecule has 2 saturated carbocycles. The van der Waals surface area contributed by atoms with Crippen LogP contribution >= 0.6 is 0 Å². The van der Waals surface area contributed by atoms with Crippen molar-refractivity contribution in [2.75, 3.05) is 0 Å². The number of aliphatic hydroxyl groups is 1. The average Bonchev–Trinajstić information content (AvgIpc) is 3.20. The van der Waals surface area contributed by atoms with E-state index in [0.717, 1.165) is 38.4 Å². The van der Waals surface area contributed by atoms with Crippen LogP contribution in [0.25, 0.3) is 0 Å². The van der Waals surface area contributed by atoms with E-state index >= 15 is 0 Å². The Labute approximate surface area is 144 Å². The lowest BCUT2D eigenvalue weighted by atomic mass is 9.54. The Hall–Kier alpha value is -1.09. The molecular formula is C21H30O3. The molecule has 0 bridgehead atoms. The predicted molar refractivity (Wildman–Crippen MR) is 92.8 cm³/mol. The standard InChI is InChI=1S/C21H30O3/c1-20-12-9-19-17(10-13-24-19)18(20)6-2-4-15(20)7-8-16-5-3-11-21(16,23)14-22/h10,13-16,18,23H,2-9,11-12H2,1H3/t15-,16-,18+,20-,21-/m0/s1. The van der Waals surface area contributed by atoms with Gasteiger partial charge in [0.2, 0.25) is 0 Å². The largest absolute Gasteiger partial charge is 0.469 e. The molecule has 24 heavy (non-hydrogen) atoms. The van der Waals surface area contributed by atoms with Crippen molar-refractivity contribution >= 4 is 6.29 Å². The molecule has 3 heteroatoms. The number of aldehydes is 1. The lowest BCUT2D eigenvalue weighted by molar-refractivity contribution is -0.128. The summed E-state index contributed by atoms with van der Waals surface area (Å²) in [7, 11) is 0. The first-order chi connectivity index (χ1) is 11.6. The fourth-order valence-electron chi connectivity index (χ4n) is 6.16. The first-order valence-corrected chi connectivity index (χ1v) is 9.82. The molecule has 3 aliphatic carbocycles. The van der Waals surface area contributed by atoms with Crippen molar-refractivity contribution in [3.05, 3.63) is 23.7 Å². The van der Waals surface area contributed by atoms with Crippen LogP contribution in [0.2, 0.25) is 0 Å². The van der Waals surface area contributed by atoms with Crippen molar-refractivity contribution in [3.8, 4) is 0 Å². The maximum absolute atomic E-state index is 11.3. The van der Waals surface area contributed by atoms with Crippen molar-refractivity contribution in [3.63, 3.8) is 0 Å². The van der Waals surface area contributed by atoms with Gasteiger partial charge in [-0.2, -0.15) is 0 Å². The van der Waals surface area contributed by atoms with Crippen LogP contribution in [-0.2, 0) is 11.2 Å². The summed E-state index contributed by atoms with van der Waals surface area (Å²) < 4.78 is 5.70. The number of carbonyl (C=O) groups is 1. The summed E-state index contributed by atoms with van der Waals surface area (Å²) in [5, 5.41) is 10.5. The van der Waals surface area contributed by atoms with Gasteiger partial charge in [-0.15, -0.1) is 0 Å². The molecule has 0 saturated heterocycles. The quantitative estimate of drug-likeness (QED) is 0.819. The second kappa shape index (κ2) is 6.01. The van der Waals surface area contributed by atoms with Gasteiger partial charge in [-0.3, -0.25) is 0 Å². The maximum atomic E-state index is 11.3. The molecule has 1 aromatic heterocycles. The lowest BCUT2D eigenvalue weighted by Crippen LogP contribution is -2.41. The van der Waals surface area contributed by atoms with E-state index in [0.29, 0.717) is 23.7 Å². The summed E-state index contributed by atoms with van der Waals surface area (Å²) >= 11 is 0. The van der Waals surface area contributed by atoms with Crippen LogP contribution in [0.5, 0.6) is 0 Å². The van der Waals surface area contributed by atoms with Gasteiger partial charge in [0.05, 0.1) is 6.26 Å². The highest BCUT2D eigenvalue weighted by atomic mass is 16.3. The third-order valence-corrected chi connectivity index (χ3v) is 7.72. The number of rotatable bonds is 4. The Bertz CT molecular complexity index is 606. The van der Waals surface area contributed by atoms with Crippen molar-refractivity contribution < 1.29 is 14.3 Å². The summed E-state index contributed by atoms with van der Waals surface area (Å²) in [6, 6.07) is 2.20. The van der Waals surface area contributed by atoms with Gasteiger partial charge in [0.25, 0.3) is 0 Å². The number of hydrogen-bond acceptors (Lipinski definition) is 3. The van der Waals surface area contributed by atoms with Gasteiger partial charge in [0.15, 0.2) is 6.29 Å². The van der Waals surface area contributed by atoms with E-state index in [4.69, 9.17) is 4.42 Å². The molecule has 3 nitrogen and oxygen atoms in total. The minimum Gasteiger partial charge on any atom is -0.469 e. The minimum atomic E-state index is -1.04. The molecule has 132 valence electrons. The van der Waals surface area contributed by atoms with Gasteiger partial charge < -0.3 is 14.3 Å². The summed E-state index contributed by atoms with van der Waals surface area (Å²) in [5.74, 6) is 2.72. The summed E-state index contributed by atoms with van der Waals surface area (Å²) in [4.78, 5) is 11.3. The van der Waals surface area contributed by atoms with Crippen molar-refractivity contribution in [1.29, 1.82) is 0 Å². The zero-order chi connectivity index (χ0) is 16.8. The summed E-state index contributed by atoms with van der Waals surface area (Å²) in [6.45, 7) is 2.48. The Morgan fingerprint density at radius 3 is 2.83 bits per heavy atom. The van der Waals surface area contributed by atoms with E-state index in [1.54, 1.807) is 0 Å². The molecule has 0 unspecified atom stereocenters. The van der Waals surface area contributed by atoms with E-state index in [-0.39, 0.29) is 5.92 Å². The molecule has 0 spiro atoms. The first kappa shape index (κ1) is 16.4. The van der Waals surface area contributed by atoms with Crippen LogP contribution in [0.3, 0.4) is 0 Å². The zero-order valence-electron chi connectivity index (χ0n) is 14.8. The average molecular weight is 330 g/mol. The van der Waals surface area contributed by atoms with E-state index < -0.39 is 5.60 Å². The second-order valence-electron chi connectivity index (χ2n) is 8.76. The molecule has 0 amide bonds. The second-order valence-corrected chi connectivity index (χ2v) is 8.76. The molecule has 0 aromatic carbocycles. The van der Waals surface area contributed by atoms with Crippen LogP contribution in [0.1, 0.15) is 82.0 Å². The fraction of sp³-hybridized carbons (Fsp3) is 0.762. The van der Waals surface area contributed by atoms with Crippen LogP contribution in [0.15, 0.2) is 16.7 Å². The van der Waals surface area contributed by atoms with Gasteiger partial charge >= 0.3 is 0 Å². The van der Waals surface area contributed by atoms with Crippen LogP contribution in [0, 0.1) is 17.3 Å². The highest BCUT2D eigenvalue weighted by molar-refractivity contribution is 5.63. The van der Waals surface area contributed by atoms with E-state index in [1.807, 2.05) is 6.26 Å². The maximum Gasteiger partial charge on any atom is 0.151 e. The number of hydrogen-bond donors (Lipinski definition) is 1. The molecule has 0 radical (unpaired) electrons. The SMILES string of the molecule is C[C@@]12CCc3occc3[C@H]1CCC[C@H]2CC[C@@H]1CCC[C@]1(O)C=O. The molecule has 1 heterocycles. The molecule has 1 N–H and O–H groups in total. The predicted octanol–water partition coefficient (Wildman–Crippen LogP) is 4.63. The van der Waals surface area contributed by atoms with E-state index in [1.165, 1.54) is 37.0 Å². The molecule has 5 atom stereocenters. The Morgan fingerprint density at radius 1 is 1.21 bits per heavy atom. The third kappa shape index (κ3) is 2.47. The van der Waals surface area contributed by atoms with Crippen molar-refractivity contribution in [1.82, 2.24) is 0 Å². The fourth-order valence-corrected chi connectivity index (χ4v) is 6.16.